The number of hydrogen-bond donors (Lipinski definition) is 1. The van der Waals surface area contributed by atoms with Gasteiger partial charge >= 0.3 is 0 Å². The number of fused-ring (bicyclic) bond motifs is 1. The monoisotopic (exact) mass is 389 g/mol. The van der Waals surface area contributed by atoms with Gasteiger partial charge in [-0.2, -0.15) is 0 Å². The third-order valence-electron chi connectivity index (χ3n) is 4.62. The molecular formula is C22H19N3O2S. The van der Waals surface area contributed by atoms with E-state index < -0.39 is 0 Å². The number of rotatable bonds is 5. The van der Waals surface area contributed by atoms with Gasteiger partial charge in [0.1, 0.15) is 4.83 Å². The van der Waals surface area contributed by atoms with Gasteiger partial charge in [0.25, 0.3) is 11.5 Å². The summed E-state index contributed by atoms with van der Waals surface area (Å²) in [5.41, 5.74) is 2.62. The van der Waals surface area contributed by atoms with Gasteiger partial charge in [-0.25, -0.2) is 4.98 Å². The topological polar surface area (TPSA) is 64.0 Å². The third-order valence-corrected chi connectivity index (χ3v) is 5.81. The molecule has 0 spiro atoms. The number of carbonyl (C=O) groups excluding carboxylic acids is 1. The lowest BCUT2D eigenvalue weighted by Crippen LogP contribution is -2.23. The number of nitrogens with one attached hydrogen (secondary N) is 1. The Morgan fingerprint density at radius 3 is 2.36 bits per heavy atom. The zero-order valence-electron chi connectivity index (χ0n) is 15.4. The maximum atomic E-state index is 13.0. The van der Waals surface area contributed by atoms with Gasteiger partial charge in [0.05, 0.1) is 23.1 Å². The Morgan fingerprint density at radius 1 is 1.04 bits per heavy atom. The van der Waals surface area contributed by atoms with Gasteiger partial charge in [0, 0.05) is 6.54 Å². The number of amides is 1. The first-order chi connectivity index (χ1) is 13.6. The highest BCUT2D eigenvalue weighted by molar-refractivity contribution is 7.20. The summed E-state index contributed by atoms with van der Waals surface area (Å²) in [5.74, 6) is -0.182. The van der Waals surface area contributed by atoms with Crippen molar-refractivity contribution in [2.24, 2.45) is 0 Å². The van der Waals surface area contributed by atoms with E-state index in [1.54, 1.807) is 10.9 Å². The summed E-state index contributed by atoms with van der Waals surface area (Å²) < 4.78 is 1.59. The fraction of sp³-hybridized carbons (Fsp3) is 0.136. The molecule has 0 aliphatic heterocycles. The van der Waals surface area contributed by atoms with Crippen molar-refractivity contribution in [3.05, 3.63) is 98.9 Å². The summed E-state index contributed by atoms with van der Waals surface area (Å²) in [5, 5.41) is 3.45. The van der Waals surface area contributed by atoms with E-state index in [-0.39, 0.29) is 11.5 Å². The van der Waals surface area contributed by atoms with Crippen molar-refractivity contribution >= 4 is 27.5 Å². The number of aromatic nitrogens is 2. The predicted octanol–water partition coefficient (Wildman–Crippen LogP) is 3.74. The Kier molecular flexibility index (Phi) is 5.04. The van der Waals surface area contributed by atoms with Gasteiger partial charge in [0.2, 0.25) is 0 Å². The van der Waals surface area contributed by atoms with Gasteiger partial charge in [-0.05, 0) is 23.6 Å². The highest BCUT2D eigenvalue weighted by Crippen LogP contribution is 2.26. The van der Waals surface area contributed by atoms with Crippen LogP contribution in [-0.2, 0) is 13.1 Å². The van der Waals surface area contributed by atoms with Crippen LogP contribution in [0, 0.1) is 6.92 Å². The van der Waals surface area contributed by atoms with E-state index in [9.17, 15) is 9.59 Å². The number of thiophene rings is 1. The number of hydrogen-bond acceptors (Lipinski definition) is 4. The van der Waals surface area contributed by atoms with Gasteiger partial charge in [0.15, 0.2) is 0 Å². The predicted molar refractivity (Wildman–Crippen MR) is 112 cm³/mol. The van der Waals surface area contributed by atoms with Crippen LogP contribution < -0.4 is 10.9 Å². The molecule has 6 heteroatoms. The SMILES string of the molecule is Cc1c(C(=O)NCc2ccccc2)sc2ncn(Cc3ccccc3)c(=O)c12. The quantitative estimate of drug-likeness (QED) is 0.565. The Labute approximate surface area is 166 Å². The van der Waals surface area contributed by atoms with E-state index in [1.165, 1.54) is 11.3 Å². The molecule has 1 amide bonds. The minimum atomic E-state index is -0.182. The van der Waals surface area contributed by atoms with Crippen molar-refractivity contribution in [3.63, 3.8) is 0 Å². The zero-order chi connectivity index (χ0) is 19.5. The van der Waals surface area contributed by atoms with Gasteiger partial charge in [-0.15, -0.1) is 11.3 Å². The average Bonchev–Trinajstić information content (AvgIpc) is 3.07. The first-order valence-electron chi connectivity index (χ1n) is 8.98. The van der Waals surface area contributed by atoms with E-state index in [2.05, 4.69) is 10.3 Å². The summed E-state index contributed by atoms with van der Waals surface area (Å²) in [6, 6.07) is 19.5. The molecule has 2 heterocycles. The van der Waals surface area contributed by atoms with E-state index in [0.717, 1.165) is 11.1 Å². The average molecular weight is 389 g/mol. The summed E-state index contributed by atoms with van der Waals surface area (Å²) in [6.07, 6.45) is 1.55. The number of benzene rings is 2. The fourth-order valence-electron chi connectivity index (χ4n) is 3.13. The standard InChI is InChI=1S/C22H19N3O2S/c1-15-18-21(24-14-25(22(18)27)13-17-10-6-3-7-11-17)28-19(15)20(26)23-12-16-8-4-2-5-9-16/h2-11,14H,12-13H2,1H3,(H,23,26). The number of carbonyl (C=O) groups is 1. The molecule has 0 aliphatic carbocycles. The number of nitrogens with zero attached hydrogens (tertiary/aromatic N) is 2. The maximum Gasteiger partial charge on any atom is 0.262 e. The van der Waals surface area contributed by atoms with Crippen molar-refractivity contribution in [2.75, 3.05) is 0 Å². The summed E-state index contributed by atoms with van der Waals surface area (Å²) in [4.78, 5) is 31.2. The summed E-state index contributed by atoms with van der Waals surface area (Å²) >= 11 is 1.26. The van der Waals surface area contributed by atoms with Gasteiger partial charge < -0.3 is 5.32 Å². The maximum absolute atomic E-state index is 13.0. The van der Waals surface area contributed by atoms with Crippen molar-refractivity contribution in [2.45, 2.75) is 20.0 Å². The van der Waals surface area contributed by atoms with Gasteiger partial charge in [-0.3, -0.25) is 14.2 Å². The van der Waals surface area contributed by atoms with Crippen LogP contribution in [0.5, 0.6) is 0 Å². The minimum absolute atomic E-state index is 0.121. The molecule has 0 unspecified atom stereocenters. The first kappa shape index (κ1) is 18.1. The Bertz CT molecular complexity index is 1180. The van der Waals surface area contributed by atoms with E-state index >= 15 is 0 Å². The molecule has 0 saturated heterocycles. The molecule has 5 nitrogen and oxygen atoms in total. The molecule has 0 atom stereocenters. The molecule has 1 N–H and O–H groups in total. The molecule has 4 rings (SSSR count). The molecule has 0 aliphatic rings. The fourth-order valence-corrected chi connectivity index (χ4v) is 4.18. The minimum Gasteiger partial charge on any atom is -0.347 e. The molecule has 140 valence electrons. The molecule has 0 radical (unpaired) electrons. The zero-order valence-corrected chi connectivity index (χ0v) is 16.2. The van der Waals surface area contributed by atoms with E-state index in [0.29, 0.717) is 33.7 Å². The lowest BCUT2D eigenvalue weighted by atomic mass is 10.2. The van der Waals surface area contributed by atoms with Crippen LogP contribution in [0.2, 0.25) is 0 Å². The lowest BCUT2D eigenvalue weighted by Gasteiger charge is -2.06. The molecule has 2 aromatic carbocycles. The largest absolute Gasteiger partial charge is 0.347 e. The van der Waals surface area contributed by atoms with Crippen molar-refractivity contribution in [3.8, 4) is 0 Å². The van der Waals surface area contributed by atoms with Crippen LogP contribution in [0.1, 0.15) is 26.4 Å². The van der Waals surface area contributed by atoms with Crippen LogP contribution in [0.15, 0.2) is 71.8 Å². The van der Waals surface area contributed by atoms with Crippen molar-refractivity contribution in [1.29, 1.82) is 0 Å². The second kappa shape index (κ2) is 7.78. The van der Waals surface area contributed by atoms with Crippen molar-refractivity contribution in [1.82, 2.24) is 14.9 Å². The molecule has 0 saturated carbocycles. The molecule has 0 fully saturated rings. The van der Waals surface area contributed by atoms with E-state index in [1.807, 2.05) is 67.6 Å². The highest BCUT2D eigenvalue weighted by atomic mass is 32.1. The van der Waals surface area contributed by atoms with Crippen LogP contribution in [0.4, 0.5) is 0 Å². The Balaban J connectivity index is 1.62. The van der Waals surface area contributed by atoms with Crippen LogP contribution in [0.25, 0.3) is 10.2 Å². The smallest absolute Gasteiger partial charge is 0.262 e. The molecule has 2 aromatic heterocycles. The van der Waals surface area contributed by atoms with Crippen LogP contribution in [0.3, 0.4) is 0 Å². The lowest BCUT2D eigenvalue weighted by molar-refractivity contribution is 0.0954. The van der Waals surface area contributed by atoms with E-state index in [4.69, 9.17) is 0 Å². The second-order valence-electron chi connectivity index (χ2n) is 6.57. The van der Waals surface area contributed by atoms with Gasteiger partial charge in [-0.1, -0.05) is 60.7 Å². The summed E-state index contributed by atoms with van der Waals surface area (Å²) in [6.45, 7) is 2.71. The van der Waals surface area contributed by atoms with Crippen LogP contribution >= 0.6 is 11.3 Å². The normalized spacial score (nSPS) is 10.9. The first-order valence-corrected chi connectivity index (χ1v) is 9.79. The third kappa shape index (κ3) is 3.59. The molecule has 4 aromatic rings. The molecule has 0 bridgehead atoms. The van der Waals surface area contributed by atoms with Crippen LogP contribution in [-0.4, -0.2) is 15.5 Å². The Morgan fingerprint density at radius 2 is 1.68 bits per heavy atom. The second-order valence-corrected chi connectivity index (χ2v) is 7.57. The number of aryl methyl sites for hydroxylation is 1. The summed E-state index contributed by atoms with van der Waals surface area (Å²) in [7, 11) is 0. The molecular weight excluding hydrogens is 370 g/mol. The molecule has 28 heavy (non-hydrogen) atoms. The highest BCUT2D eigenvalue weighted by Gasteiger charge is 2.19. The van der Waals surface area contributed by atoms with Crippen molar-refractivity contribution < 1.29 is 4.79 Å². The Hall–Kier alpha value is -3.25.